The average Bonchev–Trinajstić information content (AvgIpc) is 2.04. The molecule has 0 aliphatic heterocycles. The SMILES string of the molecule is CCNC(=O)NC1CCCC(C)C1. The molecule has 0 aromatic heterocycles. The van der Waals surface area contributed by atoms with Gasteiger partial charge >= 0.3 is 6.03 Å². The average molecular weight is 184 g/mol. The first-order valence-electron chi connectivity index (χ1n) is 5.26. The largest absolute Gasteiger partial charge is 0.338 e. The van der Waals surface area contributed by atoms with Gasteiger partial charge in [0.2, 0.25) is 0 Å². The van der Waals surface area contributed by atoms with Gasteiger partial charge in [0.1, 0.15) is 0 Å². The topological polar surface area (TPSA) is 41.1 Å². The molecule has 3 heteroatoms. The highest BCUT2D eigenvalue weighted by Gasteiger charge is 2.19. The summed E-state index contributed by atoms with van der Waals surface area (Å²) in [5.74, 6) is 0.765. The van der Waals surface area contributed by atoms with Gasteiger partial charge in [0, 0.05) is 12.6 Å². The van der Waals surface area contributed by atoms with Gasteiger partial charge in [0.15, 0.2) is 0 Å². The summed E-state index contributed by atoms with van der Waals surface area (Å²) in [7, 11) is 0. The van der Waals surface area contributed by atoms with Gasteiger partial charge in [-0.25, -0.2) is 4.79 Å². The van der Waals surface area contributed by atoms with E-state index < -0.39 is 0 Å². The summed E-state index contributed by atoms with van der Waals surface area (Å²) in [6, 6.07) is 0.386. The van der Waals surface area contributed by atoms with E-state index in [0.717, 1.165) is 18.8 Å². The van der Waals surface area contributed by atoms with Crippen LogP contribution in [0.2, 0.25) is 0 Å². The minimum absolute atomic E-state index is 0.0124. The van der Waals surface area contributed by atoms with E-state index >= 15 is 0 Å². The normalized spacial score (nSPS) is 28.2. The zero-order chi connectivity index (χ0) is 9.68. The lowest BCUT2D eigenvalue weighted by molar-refractivity contribution is 0.228. The number of hydrogen-bond donors (Lipinski definition) is 2. The van der Waals surface area contributed by atoms with Crippen molar-refractivity contribution in [2.45, 2.75) is 45.6 Å². The maximum Gasteiger partial charge on any atom is 0.314 e. The Morgan fingerprint density at radius 2 is 2.23 bits per heavy atom. The highest BCUT2D eigenvalue weighted by atomic mass is 16.2. The molecule has 0 radical (unpaired) electrons. The summed E-state index contributed by atoms with van der Waals surface area (Å²) < 4.78 is 0. The number of rotatable bonds is 2. The highest BCUT2D eigenvalue weighted by Crippen LogP contribution is 2.23. The summed E-state index contributed by atoms with van der Waals surface area (Å²) in [5, 5.41) is 5.76. The van der Waals surface area contributed by atoms with Crippen LogP contribution in [0.15, 0.2) is 0 Å². The zero-order valence-electron chi connectivity index (χ0n) is 8.60. The molecular formula is C10H20N2O. The van der Waals surface area contributed by atoms with Crippen molar-refractivity contribution in [3.63, 3.8) is 0 Å². The molecular weight excluding hydrogens is 164 g/mol. The van der Waals surface area contributed by atoms with E-state index in [1.807, 2.05) is 6.92 Å². The van der Waals surface area contributed by atoms with Gasteiger partial charge in [0.05, 0.1) is 0 Å². The highest BCUT2D eigenvalue weighted by molar-refractivity contribution is 5.74. The van der Waals surface area contributed by atoms with E-state index in [-0.39, 0.29) is 6.03 Å². The molecule has 0 bridgehead atoms. The summed E-state index contributed by atoms with van der Waals surface area (Å²) in [4.78, 5) is 11.2. The minimum Gasteiger partial charge on any atom is -0.338 e. The third kappa shape index (κ3) is 3.66. The Bertz CT molecular complexity index is 170. The fourth-order valence-corrected chi connectivity index (χ4v) is 1.96. The van der Waals surface area contributed by atoms with Crippen LogP contribution in [-0.2, 0) is 0 Å². The van der Waals surface area contributed by atoms with E-state index in [2.05, 4.69) is 17.6 Å². The maximum atomic E-state index is 11.2. The zero-order valence-corrected chi connectivity index (χ0v) is 8.60. The van der Waals surface area contributed by atoms with Gasteiger partial charge in [-0.05, 0) is 25.7 Å². The molecule has 76 valence electrons. The van der Waals surface area contributed by atoms with Crippen molar-refractivity contribution in [3.8, 4) is 0 Å². The molecule has 3 nitrogen and oxygen atoms in total. The predicted octanol–water partition coefficient (Wildman–Crippen LogP) is 1.88. The third-order valence-corrected chi connectivity index (χ3v) is 2.61. The predicted molar refractivity (Wildman–Crippen MR) is 53.6 cm³/mol. The second kappa shape index (κ2) is 5.10. The lowest BCUT2D eigenvalue weighted by atomic mass is 9.87. The third-order valence-electron chi connectivity index (χ3n) is 2.61. The van der Waals surface area contributed by atoms with E-state index in [1.54, 1.807) is 0 Å². The van der Waals surface area contributed by atoms with Crippen LogP contribution in [0.25, 0.3) is 0 Å². The van der Waals surface area contributed by atoms with Gasteiger partial charge in [-0.1, -0.05) is 19.8 Å². The molecule has 0 spiro atoms. The fourth-order valence-electron chi connectivity index (χ4n) is 1.96. The first kappa shape index (κ1) is 10.4. The van der Waals surface area contributed by atoms with Crippen LogP contribution >= 0.6 is 0 Å². The van der Waals surface area contributed by atoms with Crippen molar-refractivity contribution < 1.29 is 4.79 Å². The molecule has 13 heavy (non-hydrogen) atoms. The van der Waals surface area contributed by atoms with E-state index in [1.165, 1.54) is 12.8 Å². The molecule has 0 heterocycles. The Labute approximate surface area is 80.3 Å². The van der Waals surface area contributed by atoms with Crippen LogP contribution in [-0.4, -0.2) is 18.6 Å². The Morgan fingerprint density at radius 1 is 1.46 bits per heavy atom. The first-order chi connectivity index (χ1) is 6.22. The molecule has 1 saturated carbocycles. The van der Waals surface area contributed by atoms with Gasteiger partial charge in [-0.3, -0.25) is 0 Å². The number of nitrogens with one attached hydrogen (secondary N) is 2. The van der Waals surface area contributed by atoms with Crippen molar-refractivity contribution in [2.75, 3.05) is 6.54 Å². The standard InChI is InChI=1S/C10H20N2O/c1-3-11-10(13)12-9-6-4-5-8(2)7-9/h8-9H,3-7H2,1-2H3,(H2,11,12,13). The monoisotopic (exact) mass is 184 g/mol. The van der Waals surface area contributed by atoms with E-state index in [4.69, 9.17) is 0 Å². The Kier molecular flexibility index (Phi) is 4.06. The Hall–Kier alpha value is -0.730. The second-order valence-corrected chi connectivity index (χ2v) is 3.97. The van der Waals surface area contributed by atoms with Gasteiger partial charge < -0.3 is 10.6 Å². The molecule has 1 aliphatic carbocycles. The Morgan fingerprint density at radius 3 is 2.85 bits per heavy atom. The number of amides is 2. The molecule has 0 aromatic carbocycles. The molecule has 1 fully saturated rings. The molecule has 2 atom stereocenters. The van der Waals surface area contributed by atoms with Crippen LogP contribution in [0.5, 0.6) is 0 Å². The van der Waals surface area contributed by atoms with Crippen LogP contribution < -0.4 is 10.6 Å². The number of carbonyl (C=O) groups excluding carboxylic acids is 1. The minimum atomic E-state index is -0.0124. The van der Waals surface area contributed by atoms with Crippen molar-refractivity contribution in [1.82, 2.24) is 10.6 Å². The Balaban J connectivity index is 2.23. The smallest absolute Gasteiger partial charge is 0.314 e. The molecule has 2 unspecified atom stereocenters. The summed E-state index contributed by atoms with van der Waals surface area (Å²) in [5.41, 5.74) is 0. The maximum absolute atomic E-state index is 11.2. The first-order valence-corrected chi connectivity index (χ1v) is 5.26. The van der Waals surface area contributed by atoms with Gasteiger partial charge in [0.25, 0.3) is 0 Å². The van der Waals surface area contributed by atoms with Crippen molar-refractivity contribution >= 4 is 6.03 Å². The van der Waals surface area contributed by atoms with Crippen LogP contribution in [0.4, 0.5) is 4.79 Å². The lowest BCUT2D eigenvalue weighted by Crippen LogP contribution is -2.43. The lowest BCUT2D eigenvalue weighted by Gasteiger charge is -2.27. The van der Waals surface area contributed by atoms with Gasteiger partial charge in [-0.15, -0.1) is 0 Å². The van der Waals surface area contributed by atoms with Crippen LogP contribution in [0.1, 0.15) is 39.5 Å². The summed E-state index contributed by atoms with van der Waals surface area (Å²) >= 11 is 0. The van der Waals surface area contributed by atoms with Crippen molar-refractivity contribution in [3.05, 3.63) is 0 Å². The van der Waals surface area contributed by atoms with Crippen molar-refractivity contribution in [2.24, 2.45) is 5.92 Å². The molecule has 2 amide bonds. The van der Waals surface area contributed by atoms with E-state index in [9.17, 15) is 4.79 Å². The fraction of sp³-hybridized carbons (Fsp3) is 0.900. The molecule has 0 aromatic rings. The number of urea groups is 1. The molecule has 1 aliphatic rings. The molecule has 1 rings (SSSR count). The molecule has 2 N–H and O–H groups in total. The quantitative estimate of drug-likeness (QED) is 0.676. The number of hydrogen-bond acceptors (Lipinski definition) is 1. The van der Waals surface area contributed by atoms with Gasteiger partial charge in [-0.2, -0.15) is 0 Å². The summed E-state index contributed by atoms with van der Waals surface area (Å²) in [6.45, 7) is 4.89. The second-order valence-electron chi connectivity index (χ2n) is 3.97. The van der Waals surface area contributed by atoms with Crippen LogP contribution in [0, 0.1) is 5.92 Å². The number of carbonyl (C=O) groups is 1. The van der Waals surface area contributed by atoms with Crippen LogP contribution in [0.3, 0.4) is 0 Å². The van der Waals surface area contributed by atoms with Crippen molar-refractivity contribution in [1.29, 1.82) is 0 Å². The summed E-state index contributed by atoms with van der Waals surface area (Å²) in [6.07, 6.45) is 4.84. The molecule has 0 saturated heterocycles. The van der Waals surface area contributed by atoms with E-state index in [0.29, 0.717) is 12.6 Å².